The third kappa shape index (κ3) is 3.68. The van der Waals surface area contributed by atoms with Crippen molar-refractivity contribution in [2.45, 2.75) is 23.1 Å². The van der Waals surface area contributed by atoms with Gasteiger partial charge in [-0.2, -0.15) is 0 Å². The Bertz CT molecular complexity index is 932. The van der Waals surface area contributed by atoms with Gasteiger partial charge < -0.3 is 0 Å². The summed E-state index contributed by atoms with van der Waals surface area (Å²) in [7, 11) is -3.57. The number of benzene rings is 2. The second-order valence-corrected chi connectivity index (χ2v) is 9.24. The van der Waals surface area contributed by atoms with Crippen molar-refractivity contribution in [3.05, 3.63) is 48.0 Å². The first-order valence-electron chi connectivity index (χ1n) is 7.11. The van der Waals surface area contributed by atoms with Crippen molar-refractivity contribution >= 4 is 49.0 Å². The molecule has 0 atom stereocenters. The number of aryl methyl sites for hydroxylation is 1. The van der Waals surface area contributed by atoms with Crippen LogP contribution in [0.3, 0.4) is 0 Å². The van der Waals surface area contributed by atoms with Crippen LogP contribution in [0.15, 0.2) is 51.7 Å². The number of aromatic nitrogens is 1. The SMILES string of the molecule is CCSc1nc2ccc(NS(=O)(=O)c3ccc(C)cc3)cc2s1. The molecule has 0 radical (unpaired) electrons. The lowest BCUT2D eigenvalue weighted by molar-refractivity contribution is 0.601. The molecule has 3 aromatic rings. The van der Waals surface area contributed by atoms with E-state index in [1.54, 1.807) is 53.4 Å². The van der Waals surface area contributed by atoms with E-state index in [4.69, 9.17) is 0 Å². The number of nitrogens with zero attached hydrogens (tertiary/aromatic N) is 1. The van der Waals surface area contributed by atoms with E-state index in [0.29, 0.717) is 5.69 Å². The van der Waals surface area contributed by atoms with E-state index >= 15 is 0 Å². The molecule has 0 bridgehead atoms. The maximum Gasteiger partial charge on any atom is 0.261 e. The standard InChI is InChI=1S/C16H16N2O2S3/c1-3-21-16-17-14-9-6-12(10-15(14)22-16)18-23(19,20)13-7-4-11(2)5-8-13/h4-10,18H,3H2,1-2H3. The molecule has 0 aliphatic carbocycles. The van der Waals surface area contributed by atoms with Crippen molar-refractivity contribution in [3.8, 4) is 0 Å². The van der Waals surface area contributed by atoms with Gasteiger partial charge in [-0.15, -0.1) is 11.3 Å². The van der Waals surface area contributed by atoms with E-state index in [2.05, 4.69) is 16.6 Å². The predicted molar refractivity (Wildman–Crippen MR) is 98.0 cm³/mol. The fourth-order valence-corrected chi connectivity index (χ4v) is 5.14. The molecule has 4 nitrogen and oxygen atoms in total. The quantitative estimate of drug-likeness (QED) is 0.676. The lowest BCUT2D eigenvalue weighted by atomic mass is 10.2. The Kier molecular flexibility index (Phi) is 4.61. The molecule has 0 saturated heterocycles. The molecule has 0 fully saturated rings. The number of anilines is 1. The van der Waals surface area contributed by atoms with E-state index < -0.39 is 10.0 Å². The van der Waals surface area contributed by atoms with E-state index in [1.807, 2.05) is 19.1 Å². The zero-order chi connectivity index (χ0) is 16.4. The number of nitrogens with one attached hydrogen (secondary N) is 1. The van der Waals surface area contributed by atoms with Crippen LogP contribution in [0, 0.1) is 6.92 Å². The van der Waals surface area contributed by atoms with Crippen molar-refractivity contribution < 1.29 is 8.42 Å². The summed E-state index contributed by atoms with van der Waals surface area (Å²) in [5, 5.41) is 0. The van der Waals surface area contributed by atoms with Crippen LogP contribution in [0.2, 0.25) is 0 Å². The molecule has 3 rings (SSSR count). The van der Waals surface area contributed by atoms with Gasteiger partial charge in [0.05, 0.1) is 20.8 Å². The van der Waals surface area contributed by atoms with Gasteiger partial charge in [0.15, 0.2) is 4.34 Å². The van der Waals surface area contributed by atoms with Crippen LogP contribution in [0.4, 0.5) is 5.69 Å². The monoisotopic (exact) mass is 364 g/mol. The molecule has 1 aromatic heterocycles. The molecule has 120 valence electrons. The largest absolute Gasteiger partial charge is 0.280 e. The first-order chi connectivity index (χ1) is 11.0. The summed E-state index contributed by atoms with van der Waals surface area (Å²) in [5.41, 5.74) is 2.47. The lowest BCUT2D eigenvalue weighted by Gasteiger charge is -2.08. The minimum absolute atomic E-state index is 0.259. The Labute approximate surface area is 144 Å². The molecular weight excluding hydrogens is 348 g/mol. The van der Waals surface area contributed by atoms with Crippen LogP contribution in [0.1, 0.15) is 12.5 Å². The van der Waals surface area contributed by atoms with Gasteiger partial charge in [-0.3, -0.25) is 4.72 Å². The van der Waals surface area contributed by atoms with E-state index in [-0.39, 0.29) is 4.90 Å². The van der Waals surface area contributed by atoms with Gasteiger partial charge in [0, 0.05) is 0 Å². The van der Waals surface area contributed by atoms with Crippen molar-refractivity contribution in [1.29, 1.82) is 0 Å². The topological polar surface area (TPSA) is 59.1 Å². The van der Waals surface area contributed by atoms with E-state index in [0.717, 1.165) is 25.9 Å². The molecule has 0 amide bonds. The summed E-state index contributed by atoms with van der Waals surface area (Å²) in [5.74, 6) is 0.965. The first kappa shape index (κ1) is 16.3. The highest BCUT2D eigenvalue weighted by Crippen LogP contribution is 2.31. The third-order valence-corrected chi connectivity index (χ3v) is 6.66. The summed E-state index contributed by atoms with van der Waals surface area (Å²) in [6.07, 6.45) is 0. The maximum atomic E-state index is 12.4. The van der Waals surface area contributed by atoms with Gasteiger partial charge in [0.25, 0.3) is 10.0 Å². The molecular formula is C16H16N2O2S3. The highest BCUT2D eigenvalue weighted by Gasteiger charge is 2.14. The van der Waals surface area contributed by atoms with E-state index in [9.17, 15) is 8.42 Å². The van der Waals surface area contributed by atoms with Crippen LogP contribution in [-0.4, -0.2) is 19.2 Å². The molecule has 0 saturated carbocycles. The van der Waals surface area contributed by atoms with Crippen LogP contribution in [0.5, 0.6) is 0 Å². The van der Waals surface area contributed by atoms with Crippen molar-refractivity contribution in [2.24, 2.45) is 0 Å². The molecule has 0 spiro atoms. The minimum atomic E-state index is -3.57. The molecule has 1 N–H and O–H groups in total. The van der Waals surface area contributed by atoms with Gasteiger partial charge in [-0.25, -0.2) is 13.4 Å². The summed E-state index contributed by atoms with van der Waals surface area (Å²) in [4.78, 5) is 4.77. The van der Waals surface area contributed by atoms with Crippen LogP contribution >= 0.6 is 23.1 Å². The molecule has 2 aromatic carbocycles. The van der Waals surface area contributed by atoms with Crippen LogP contribution < -0.4 is 4.72 Å². The molecule has 1 heterocycles. The van der Waals surface area contributed by atoms with E-state index in [1.165, 1.54) is 0 Å². The second kappa shape index (κ2) is 6.51. The van der Waals surface area contributed by atoms with Gasteiger partial charge in [0.2, 0.25) is 0 Å². The number of hydrogen-bond donors (Lipinski definition) is 1. The number of hydrogen-bond acceptors (Lipinski definition) is 5. The van der Waals surface area contributed by atoms with Crippen LogP contribution in [0.25, 0.3) is 10.2 Å². The summed E-state index contributed by atoms with van der Waals surface area (Å²) in [6, 6.07) is 12.2. The Morgan fingerprint density at radius 2 is 1.91 bits per heavy atom. The zero-order valence-corrected chi connectivity index (χ0v) is 15.2. The van der Waals surface area contributed by atoms with Gasteiger partial charge in [-0.05, 0) is 43.0 Å². The molecule has 0 aliphatic heterocycles. The number of rotatable bonds is 5. The Morgan fingerprint density at radius 3 is 2.61 bits per heavy atom. The van der Waals surface area contributed by atoms with Gasteiger partial charge >= 0.3 is 0 Å². The smallest absolute Gasteiger partial charge is 0.261 e. The number of thioether (sulfide) groups is 1. The first-order valence-corrected chi connectivity index (χ1v) is 10.4. The number of fused-ring (bicyclic) bond motifs is 1. The Balaban J connectivity index is 1.89. The van der Waals surface area contributed by atoms with Gasteiger partial charge in [0.1, 0.15) is 0 Å². The summed E-state index contributed by atoms with van der Waals surface area (Å²) >= 11 is 3.26. The fraction of sp³-hybridized carbons (Fsp3) is 0.188. The minimum Gasteiger partial charge on any atom is -0.280 e. The average Bonchev–Trinajstić information content (AvgIpc) is 2.89. The highest BCUT2D eigenvalue weighted by molar-refractivity contribution is 8.01. The molecule has 23 heavy (non-hydrogen) atoms. The highest BCUT2D eigenvalue weighted by atomic mass is 32.2. The third-order valence-electron chi connectivity index (χ3n) is 3.22. The number of thiazole rings is 1. The Hall–Kier alpha value is -1.57. The molecule has 7 heteroatoms. The average molecular weight is 365 g/mol. The van der Waals surface area contributed by atoms with Gasteiger partial charge in [-0.1, -0.05) is 36.4 Å². The number of sulfonamides is 1. The fourth-order valence-electron chi connectivity index (χ4n) is 2.08. The predicted octanol–water partition coefficient (Wildman–Crippen LogP) is 4.52. The summed E-state index contributed by atoms with van der Waals surface area (Å²) < 4.78 is 29.5. The molecule has 0 aliphatic rings. The normalized spacial score (nSPS) is 11.7. The zero-order valence-electron chi connectivity index (χ0n) is 12.7. The maximum absolute atomic E-state index is 12.4. The van der Waals surface area contributed by atoms with Crippen molar-refractivity contribution in [1.82, 2.24) is 4.98 Å². The Morgan fingerprint density at radius 1 is 1.17 bits per heavy atom. The van der Waals surface area contributed by atoms with Crippen LogP contribution in [-0.2, 0) is 10.0 Å². The summed E-state index contributed by atoms with van der Waals surface area (Å²) in [6.45, 7) is 4.01. The molecule has 0 unspecified atom stereocenters. The van der Waals surface area contributed by atoms with Crippen molar-refractivity contribution in [3.63, 3.8) is 0 Å². The van der Waals surface area contributed by atoms with Crippen molar-refractivity contribution in [2.75, 3.05) is 10.5 Å². The lowest BCUT2D eigenvalue weighted by Crippen LogP contribution is -2.12. The second-order valence-electron chi connectivity index (χ2n) is 5.01.